The molecule has 40 heavy (non-hydrogen) atoms. The van der Waals surface area contributed by atoms with Gasteiger partial charge >= 0.3 is 0 Å². The molecule has 0 heterocycles. The summed E-state index contributed by atoms with van der Waals surface area (Å²) in [6, 6.07) is 0. The molecule has 6 unspecified atom stereocenters. The van der Waals surface area contributed by atoms with Gasteiger partial charge < -0.3 is 19.5 Å². The van der Waals surface area contributed by atoms with Crippen molar-refractivity contribution >= 4 is 0 Å². The fourth-order valence-electron chi connectivity index (χ4n) is 10.2. The van der Waals surface area contributed by atoms with Gasteiger partial charge in [-0.3, -0.25) is 0 Å². The summed E-state index contributed by atoms with van der Waals surface area (Å²) in [5.74, 6) is 5.29. The number of allylic oxidation sites excluding steroid dienone is 1. The number of fused-ring (bicyclic) bond motifs is 5. The molecule has 4 aliphatic carbocycles. The highest BCUT2D eigenvalue weighted by Crippen LogP contribution is 2.67. The van der Waals surface area contributed by atoms with E-state index in [0.717, 1.165) is 61.2 Å². The number of nitrogens with zero attached hydrogens (tertiary/aromatic N) is 1. The second kappa shape index (κ2) is 13.9. The predicted molar refractivity (Wildman–Crippen MR) is 167 cm³/mol. The van der Waals surface area contributed by atoms with Crippen LogP contribution in [0.4, 0.5) is 0 Å². The highest BCUT2D eigenvalue weighted by atomic mass is 16.7. The molecule has 0 bridgehead atoms. The lowest BCUT2D eigenvalue weighted by Gasteiger charge is -2.58. The number of aliphatic hydroxyl groups is 1. The smallest absolute Gasteiger partial charge is 0.158 e. The largest absolute Gasteiger partial charge is 0.394 e. The van der Waals surface area contributed by atoms with E-state index in [4.69, 9.17) is 9.47 Å². The molecule has 0 aromatic heterocycles. The Labute approximate surface area is 248 Å². The fourth-order valence-corrected chi connectivity index (χ4v) is 10.2. The van der Waals surface area contributed by atoms with Crippen molar-refractivity contribution < 1.29 is 14.6 Å². The van der Waals surface area contributed by atoms with E-state index in [9.17, 15) is 5.11 Å². The van der Waals surface area contributed by atoms with E-state index in [1.165, 1.54) is 57.8 Å². The van der Waals surface area contributed by atoms with Crippen LogP contribution in [-0.4, -0.2) is 55.8 Å². The number of likely N-dealkylation sites (N-methyl/N-ethyl adjacent to an activating group) is 1. The average Bonchev–Trinajstić information content (AvgIpc) is 3.25. The first kappa shape index (κ1) is 32.5. The average molecular weight is 560 g/mol. The maximum Gasteiger partial charge on any atom is 0.158 e. The summed E-state index contributed by atoms with van der Waals surface area (Å²) in [6.45, 7) is 15.6. The van der Waals surface area contributed by atoms with Gasteiger partial charge in [-0.05, 0) is 118 Å². The van der Waals surface area contributed by atoms with Crippen molar-refractivity contribution in [3.63, 3.8) is 0 Å². The third-order valence-electron chi connectivity index (χ3n) is 12.2. The standard InChI is InChI=1S/C36H65NO3/c1-9-11-34(40-29(24-38)23-37(7)8)39-28-18-20-35(5)27(22-28)14-15-30-32-17-16-31(26(4)13-10-12-25(2)3)36(32,6)21-19-33(30)35/h14,25-26,28-34,38H,9-13,15-24H2,1-8H3/t26-,28?,29?,30?,31-,32?,33?,34?,35+,36-/m1/s1. The second-order valence-electron chi connectivity index (χ2n) is 15.7. The summed E-state index contributed by atoms with van der Waals surface area (Å²) in [5.41, 5.74) is 2.60. The van der Waals surface area contributed by atoms with Crippen molar-refractivity contribution in [3.8, 4) is 0 Å². The van der Waals surface area contributed by atoms with E-state index in [0.29, 0.717) is 17.4 Å². The van der Waals surface area contributed by atoms with Crippen LogP contribution in [0.25, 0.3) is 0 Å². The second-order valence-corrected chi connectivity index (χ2v) is 15.7. The van der Waals surface area contributed by atoms with Crippen LogP contribution < -0.4 is 0 Å². The number of hydrogen-bond donors (Lipinski definition) is 1. The van der Waals surface area contributed by atoms with Crippen LogP contribution in [0.15, 0.2) is 11.6 Å². The van der Waals surface area contributed by atoms with E-state index < -0.39 is 0 Å². The minimum Gasteiger partial charge on any atom is -0.394 e. The molecule has 0 spiro atoms. The predicted octanol–water partition coefficient (Wildman–Crippen LogP) is 8.48. The zero-order valence-electron chi connectivity index (χ0n) is 27.6. The van der Waals surface area contributed by atoms with Crippen LogP contribution in [0.2, 0.25) is 0 Å². The Kier molecular flexibility index (Phi) is 11.3. The van der Waals surface area contributed by atoms with E-state index in [-0.39, 0.29) is 25.1 Å². The number of aliphatic hydroxyl groups excluding tert-OH is 1. The van der Waals surface area contributed by atoms with Crippen LogP contribution in [0.3, 0.4) is 0 Å². The molecule has 0 radical (unpaired) electrons. The molecule has 0 aliphatic heterocycles. The van der Waals surface area contributed by atoms with Gasteiger partial charge in [0, 0.05) is 6.54 Å². The Balaban J connectivity index is 1.40. The maximum atomic E-state index is 9.87. The van der Waals surface area contributed by atoms with Crippen molar-refractivity contribution in [1.82, 2.24) is 4.90 Å². The number of rotatable bonds is 14. The van der Waals surface area contributed by atoms with Crippen molar-refractivity contribution in [1.29, 1.82) is 0 Å². The Morgan fingerprint density at radius 1 is 1.00 bits per heavy atom. The quantitative estimate of drug-likeness (QED) is 0.171. The zero-order chi connectivity index (χ0) is 29.1. The lowest BCUT2D eigenvalue weighted by Crippen LogP contribution is -2.51. The Bertz CT molecular complexity index is 825. The molecule has 0 saturated heterocycles. The Morgan fingerprint density at radius 3 is 2.45 bits per heavy atom. The van der Waals surface area contributed by atoms with Gasteiger partial charge in [0.1, 0.15) is 0 Å². The first-order valence-corrected chi connectivity index (χ1v) is 17.3. The van der Waals surface area contributed by atoms with Crippen molar-refractivity contribution in [2.75, 3.05) is 27.2 Å². The molecule has 3 saturated carbocycles. The first-order valence-electron chi connectivity index (χ1n) is 17.3. The normalized spacial score (nSPS) is 38.0. The highest BCUT2D eigenvalue weighted by molar-refractivity contribution is 5.25. The van der Waals surface area contributed by atoms with Gasteiger partial charge in [0.25, 0.3) is 0 Å². The fraction of sp³-hybridized carbons (Fsp3) is 0.944. The molecule has 1 N–H and O–H groups in total. The van der Waals surface area contributed by atoms with E-state index >= 15 is 0 Å². The summed E-state index contributed by atoms with van der Waals surface area (Å²) >= 11 is 0. The lowest BCUT2D eigenvalue weighted by molar-refractivity contribution is -0.211. The monoisotopic (exact) mass is 559 g/mol. The number of hydrogen-bond acceptors (Lipinski definition) is 4. The zero-order valence-corrected chi connectivity index (χ0v) is 27.6. The van der Waals surface area contributed by atoms with Gasteiger partial charge in [-0.25, -0.2) is 0 Å². The van der Waals surface area contributed by atoms with E-state index in [1.807, 2.05) is 14.1 Å². The highest BCUT2D eigenvalue weighted by Gasteiger charge is 2.59. The summed E-state index contributed by atoms with van der Waals surface area (Å²) in [7, 11) is 4.06. The van der Waals surface area contributed by atoms with Gasteiger partial charge in [-0.1, -0.05) is 78.9 Å². The lowest BCUT2D eigenvalue weighted by atomic mass is 9.47. The van der Waals surface area contributed by atoms with Gasteiger partial charge in [0.15, 0.2) is 6.29 Å². The Hall–Kier alpha value is -0.420. The van der Waals surface area contributed by atoms with Crippen LogP contribution >= 0.6 is 0 Å². The van der Waals surface area contributed by atoms with E-state index in [1.54, 1.807) is 5.57 Å². The molecular weight excluding hydrogens is 494 g/mol. The summed E-state index contributed by atoms with van der Waals surface area (Å²) in [6.07, 6.45) is 19.2. The summed E-state index contributed by atoms with van der Waals surface area (Å²) < 4.78 is 12.9. The summed E-state index contributed by atoms with van der Waals surface area (Å²) in [5, 5.41) is 9.87. The molecule has 10 atom stereocenters. The minimum atomic E-state index is -0.221. The molecule has 4 rings (SSSR count). The van der Waals surface area contributed by atoms with Crippen LogP contribution in [-0.2, 0) is 9.47 Å². The van der Waals surface area contributed by atoms with Gasteiger partial charge in [0.2, 0.25) is 0 Å². The minimum absolute atomic E-state index is 0.0381. The van der Waals surface area contributed by atoms with Crippen LogP contribution in [0, 0.1) is 46.3 Å². The summed E-state index contributed by atoms with van der Waals surface area (Å²) in [4.78, 5) is 2.08. The molecule has 0 amide bonds. The van der Waals surface area contributed by atoms with Crippen molar-refractivity contribution in [3.05, 3.63) is 11.6 Å². The van der Waals surface area contributed by atoms with Crippen molar-refractivity contribution in [2.45, 2.75) is 144 Å². The molecule has 4 heteroatoms. The number of ether oxygens (including phenoxy) is 2. The van der Waals surface area contributed by atoms with Crippen LogP contribution in [0.1, 0.15) is 125 Å². The van der Waals surface area contributed by atoms with E-state index in [2.05, 4.69) is 52.5 Å². The third kappa shape index (κ3) is 7.03. The molecule has 232 valence electrons. The molecule has 4 aliphatic rings. The van der Waals surface area contributed by atoms with Crippen LogP contribution in [0.5, 0.6) is 0 Å². The topological polar surface area (TPSA) is 41.9 Å². The van der Waals surface area contributed by atoms with Crippen molar-refractivity contribution in [2.24, 2.45) is 46.3 Å². The van der Waals surface area contributed by atoms with Gasteiger partial charge in [-0.2, -0.15) is 0 Å². The van der Waals surface area contributed by atoms with Gasteiger partial charge in [0.05, 0.1) is 18.8 Å². The first-order chi connectivity index (χ1) is 19.0. The molecular formula is C36H65NO3. The Morgan fingerprint density at radius 2 is 1.77 bits per heavy atom. The molecule has 3 fully saturated rings. The third-order valence-corrected chi connectivity index (χ3v) is 12.2. The van der Waals surface area contributed by atoms with Gasteiger partial charge in [-0.15, -0.1) is 0 Å². The SMILES string of the molecule is CCCC(OC1CC[C@@]2(C)C(=CCC3C2CC[C@@]2(C)C3CC[C@@H]2[C@H](C)CCCC(C)C)C1)OC(CO)CN(C)C. The maximum absolute atomic E-state index is 9.87. The molecule has 0 aromatic carbocycles. The molecule has 0 aromatic rings. The molecule has 4 nitrogen and oxygen atoms in total.